The Labute approximate surface area is 110 Å². The van der Waals surface area contributed by atoms with Gasteiger partial charge in [0.15, 0.2) is 0 Å². The van der Waals surface area contributed by atoms with Crippen LogP contribution in [0.25, 0.3) is 0 Å². The Morgan fingerprint density at radius 2 is 1.89 bits per heavy atom. The molecule has 19 heavy (non-hydrogen) atoms. The standard InChI is InChI=1S/C13H17NO5/c15-7-9-5-14(13(18)19)6-11(17)12(9)8-1-3-10(16)4-2-8/h1-4,9,11-12,15-17H,5-7H2,(H,18,19)/t9-,11-,12-/m0/s1. The van der Waals surface area contributed by atoms with Gasteiger partial charge in [-0.3, -0.25) is 0 Å². The lowest BCUT2D eigenvalue weighted by Crippen LogP contribution is -2.51. The van der Waals surface area contributed by atoms with Gasteiger partial charge < -0.3 is 25.3 Å². The highest BCUT2D eigenvalue weighted by atomic mass is 16.4. The number of piperidine rings is 1. The molecule has 2 rings (SSSR count). The van der Waals surface area contributed by atoms with Crippen LogP contribution >= 0.6 is 0 Å². The van der Waals surface area contributed by atoms with Gasteiger partial charge in [0, 0.05) is 25.0 Å². The third kappa shape index (κ3) is 2.80. The summed E-state index contributed by atoms with van der Waals surface area (Å²) in [7, 11) is 0. The Morgan fingerprint density at radius 1 is 1.26 bits per heavy atom. The largest absolute Gasteiger partial charge is 0.508 e. The molecule has 0 bridgehead atoms. The van der Waals surface area contributed by atoms with Crippen molar-refractivity contribution in [1.82, 2.24) is 4.90 Å². The van der Waals surface area contributed by atoms with E-state index in [2.05, 4.69) is 0 Å². The Hall–Kier alpha value is -1.79. The first-order chi connectivity index (χ1) is 9.02. The van der Waals surface area contributed by atoms with Gasteiger partial charge in [-0.15, -0.1) is 0 Å². The molecule has 1 aromatic carbocycles. The highest BCUT2D eigenvalue weighted by Crippen LogP contribution is 2.33. The number of likely N-dealkylation sites (tertiary alicyclic amines) is 1. The van der Waals surface area contributed by atoms with E-state index in [0.29, 0.717) is 0 Å². The van der Waals surface area contributed by atoms with Crippen LogP contribution in [0.3, 0.4) is 0 Å². The number of hydrogen-bond donors (Lipinski definition) is 4. The predicted molar refractivity (Wildman–Crippen MR) is 67.0 cm³/mol. The third-order valence-corrected chi connectivity index (χ3v) is 3.57. The van der Waals surface area contributed by atoms with Gasteiger partial charge in [0.1, 0.15) is 5.75 Å². The minimum atomic E-state index is -1.10. The van der Waals surface area contributed by atoms with E-state index in [0.717, 1.165) is 10.5 Å². The van der Waals surface area contributed by atoms with Crippen LogP contribution in [0.5, 0.6) is 5.75 Å². The molecule has 1 aliphatic heterocycles. The summed E-state index contributed by atoms with van der Waals surface area (Å²) >= 11 is 0. The van der Waals surface area contributed by atoms with Crippen molar-refractivity contribution in [3.8, 4) is 5.75 Å². The van der Waals surface area contributed by atoms with Crippen molar-refractivity contribution in [2.75, 3.05) is 19.7 Å². The molecule has 0 unspecified atom stereocenters. The molecule has 104 valence electrons. The summed E-state index contributed by atoms with van der Waals surface area (Å²) < 4.78 is 0. The van der Waals surface area contributed by atoms with Crippen molar-refractivity contribution in [3.05, 3.63) is 29.8 Å². The summed E-state index contributed by atoms with van der Waals surface area (Å²) in [5, 5.41) is 37.8. The molecular weight excluding hydrogens is 250 g/mol. The monoisotopic (exact) mass is 267 g/mol. The molecule has 1 amide bonds. The third-order valence-electron chi connectivity index (χ3n) is 3.57. The molecule has 1 saturated heterocycles. The Kier molecular flexibility index (Phi) is 3.92. The number of phenols is 1. The van der Waals surface area contributed by atoms with Gasteiger partial charge in [-0.2, -0.15) is 0 Å². The van der Waals surface area contributed by atoms with Crippen LogP contribution in [0.15, 0.2) is 24.3 Å². The SMILES string of the molecule is O=C(O)N1C[C@@H](CO)[C@H](c2ccc(O)cc2)[C@@H](O)C1. The van der Waals surface area contributed by atoms with Crippen molar-refractivity contribution < 1.29 is 25.2 Å². The van der Waals surface area contributed by atoms with Crippen LogP contribution in [0.4, 0.5) is 4.79 Å². The van der Waals surface area contributed by atoms with E-state index in [1.54, 1.807) is 12.1 Å². The van der Waals surface area contributed by atoms with Crippen LogP contribution in [0.2, 0.25) is 0 Å². The number of benzene rings is 1. The van der Waals surface area contributed by atoms with Gasteiger partial charge in [-0.25, -0.2) is 4.79 Å². The fraction of sp³-hybridized carbons (Fsp3) is 0.462. The first-order valence-corrected chi connectivity index (χ1v) is 6.08. The zero-order chi connectivity index (χ0) is 14.0. The maximum atomic E-state index is 10.9. The Bertz CT molecular complexity index is 447. The fourth-order valence-electron chi connectivity index (χ4n) is 2.64. The summed E-state index contributed by atoms with van der Waals surface area (Å²) in [4.78, 5) is 12.1. The van der Waals surface area contributed by atoms with Crippen molar-refractivity contribution in [2.24, 2.45) is 5.92 Å². The number of β-amino-alcohol motifs (C(OH)–C–C–N with tert-alkyl or cyclic N) is 1. The Balaban J connectivity index is 2.24. The Morgan fingerprint density at radius 3 is 2.42 bits per heavy atom. The number of carboxylic acid groups (broad SMARTS) is 1. The maximum absolute atomic E-state index is 10.9. The van der Waals surface area contributed by atoms with E-state index in [-0.39, 0.29) is 37.3 Å². The van der Waals surface area contributed by atoms with Gasteiger partial charge in [0.2, 0.25) is 0 Å². The molecule has 6 nitrogen and oxygen atoms in total. The number of amides is 1. The quantitative estimate of drug-likeness (QED) is 0.623. The number of nitrogens with zero attached hydrogens (tertiary/aromatic N) is 1. The van der Waals surface area contributed by atoms with Gasteiger partial charge in [-0.05, 0) is 17.7 Å². The van der Waals surface area contributed by atoms with Crippen molar-refractivity contribution in [2.45, 2.75) is 12.0 Å². The molecule has 4 N–H and O–H groups in total. The summed E-state index contributed by atoms with van der Waals surface area (Å²) in [6, 6.07) is 6.39. The normalized spacial score (nSPS) is 27.3. The second kappa shape index (κ2) is 5.46. The molecule has 0 spiro atoms. The van der Waals surface area contributed by atoms with Crippen LogP contribution in [0.1, 0.15) is 11.5 Å². The zero-order valence-corrected chi connectivity index (χ0v) is 10.3. The van der Waals surface area contributed by atoms with E-state index in [9.17, 15) is 20.1 Å². The van der Waals surface area contributed by atoms with E-state index in [4.69, 9.17) is 5.11 Å². The minimum Gasteiger partial charge on any atom is -0.508 e. The van der Waals surface area contributed by atoms with Crippen molar-refractivity contribution in [3.63, 3.8) is 0 Å². The van der Waals surface area contributed by atoms with Crippen LogP contribution in [-0.4, -0.2) is 57.2 Å². The number of aliphatic hydroxyl groups is 2. The molecular formula is C13H17NO5. The minimum absolute atomic E-state index is 0.0252. The van der Waals surface area contributed by atoms with E-state index < -0.39 is 12.2 Å². The molecule has 1 aliphatic rings. The van der Waals surface area contributed by atoms with Gasteiger partial charge in [-0.1, -0.05) is 12.1 Å². The molecule has 0 aromatic heterocycles. The predicted octanol–water partition coefficient (Wildman–Crippen LogP) is 0.439. The van der Waals surface area contributed by atoms with Crippen molar-refractivity contribution >= 4 is 6.09 Å². The molecule has 3 atom stereocenters. The van der Waals surface area contributed by atoms with Gasteiger partial charge in [0.05, 0.1) is 12.6 Å². The zero-order valence-electron chi connectivity index (χ0n) is 10.3. The molecule has 0 aliphatic carbocycles. The molecule has 1 aromatic rings. The summed E-state index contributed by atoms with van der Waals surface area (Å²) in [5.74, 6) is -0.563. The fourth-order valence-corrected chi connectivity index (χ4v) is 2.64. The summed E-state index contributed by atoms with van der Waals surface area (Å²) in [6.07, 6.45) is -1.96. The molecule has 1 fully saturated rings. The summed E-state index contributed by atoms with van der Waals surface area (Å²) in [5.41, 5.74) is 0.786. The molecule has 6 heteroatoms. The van der Waals surface area contributed by atoms with E-state index in [1.165, 1.54) is 12.1 Å². The second-order valence-corrected chi connectivity index (χ2v) is 4.81. The number of carbonyl (C=O) groups is 1. The number of hydrogen-bond acceptors (Lipinski definition) is 4. The summed E-state index contributed by atoms with van der Waals surface area (Å²) in [6.45, 7) is 0.0121. The average molecular weight is 267 g/mol. The van der Waals surface area contributed by atoms with Crippen LogP contribution < -0.4 is 0 Å². The van der Waals surface area contributed by atoms with Crippen LogP contribution in [0, 0.1) is 5.92 Å². The van der Waals surface area contributed by atoms with Crippen molar-refractivity contribution in [1.29, 1.82) is 0 Å². The molecule has 0 radical (unpaired) electrons. The lowest BCUT2D eigenvalue weighted by Gasteiger charge is -2.40. The lowest BCUT2D eigenvalue weighted by molar-refractivity contribution is 0.00500. The second-order valence-electron chi connectivity index (χ2n) is 4.81. The first kappa shape index (κ1) is 13.6. The number of aliphatic hydroxyl groups excluding tert-OH is 2. The lowest BCUT2D eigenvalue weighted by atomic mass is 9.79. The van der Waals surface area contributed by atoms with Crippen LogP contribution in [-0.2, 0) is 0 Å². The smallest absolute Gasteiger partial charge is 0.407 e. The first-order valence-electron chi connectivity index (χ1n) is 6.08. The highest BCUT2D eigenvalue weighted by molar-refractivity contribution is 5.65. The van der Waals surface area contributed by atoms with Gasteiger partial charge >= 0.3 is 6.09 Å². The maximum Gasteiger partial charge on any atom is 0.407 e. The highest BCUT2D eigenvalue weighted by Gasteiger charge is 2.38. The number of aromatic hydroxyl groups is 1. The van der Waals surface area contributed by atoms with E-state index >= 15 is 0 Å². The topological polar surface area (TPSA) is 101 Å². The van der Waals surface area contributed by atoms with E-state index in [1.807, 2.05) is 0 Å². The number of rotatable bonds is 2. The number of phenolic OH excluding ortho intramolecular Hbond substituents is 1. The average Bonchev–Trinajstić information content (AvgIpc) is 2.39. The van der Waals surface area contributed by atoms with Gasteiger partial charge in [0.25, 0.3) is 0 Å². The molecule has 1 heterocycles. The molecule has 0 saturated carbocycles.